The Morgan fingerprint density at radius 1 is 1.40 bits per heavy atom. The smallest absolute Gasteiger partial charge is 0.0606 e. The Morgan fingerprint density at radius 3 is 2.87 bits per heavy atom. The fraction of sp³-hybridized carbons (Fsp3) is 0.429. The number of hydrogen-bond acceptors (Lipinski definition) is 1. The van der Waals surface area contributed by atoms with Crippen molar-refractivity contribution in [1.29, 1.82) is 0 Å². The number of rotatable bonds is 1. The van der Waals surface area contributed by atoms with E-state index in [0.717, 1.165) is 13.0 Å². The van der Waals surface area contributed by atoms with Gasteiger partial charge in [0.1, 0.15) is 0 Å². The topological polar surface area (TPSA) is 3.24 Å². The molecule has 1 heteroatoms. The summed E-state index contributed by atoms with van der Waals surface area (Å²) in [7, 11) is 0. The van der Waals surface area contributed by atoms with Crippen molar-refractivity contribution in [2.45, 2.75) is 32.4 Å². The number of terminal acetylenes is 1. The normalized spacial score (nSPS) is 25.7. The Kier molecular flexibility index (Phi) is 2.79. The van der Waals surface area contributed by atoms with Gasteiger partial charge < -0.3 is 0 Å². The highest BCUT2D eigenvalue weighted by atomic mass is 15.2. The quantitative estimate of drug-likeness (QED) is 0.628. The SMILES string of the molecule is C#CCN1[C@H](C)Cc2ccccc2[C@H]1C. The van der Waals surface area contributed by atoms with Crippen LogP contribution < -0.4 is 0 Å². The van der Waals surface area contributed by atoms with Crippen LogP contribution in [0, 0.1) is 12.3 Å². The molecule has 0 saturated heterocycles. The number of fused-ring (bicyclic) bond motifs is 1. The molecule has 78 valence electrons. The predicted octanol–water partition coefficient (Wildman–Crippen LogP) is 2.63. The van der Waals surface area contributed by atoms with Crippen LogP contribution in [-0.2, 0) is 6.42 Å². The minimum absolute atomic E-state index is 0.445. The maximum absolute atomic E-state index is 5.41. The van der Waals surface area contributed by atoms with Crippen LogP contribution in [0.5, 0.6) is 0 Å². The van der Waals surface area contributed by atoms with Crippen LogP contribution in [-0.4, -0.2) is 17.5 Å². The first-order valence-electron chi connectivity index (χ1n) is 5.51. The first-order valence-corrected chi connectivity index (χ1v) is 5.51. The molecule has 1 aromatic carbocycles. The predicted molar refractivity (Wildman–Crippen MR) is 63.6 cm³/mol. The molecular formula is C14H17N. The van der Waals surface area contributed by atoms with E-state index in [2.05, 4.69) is 48.9 Å². The summed E-state index contributed by atoms with van der Waals surface area (Å²) in [5, 5.41) is 0. The molecule has 0 saturated carbocycles. The van der Waals surface area contributed by atoms with Gasteiger partial charge in [-0.3, -0.25) is 4.90 Å². The summed E-state index contributed by atoms with van der Waals surface area (Å²) in [6.07, 6.45) is 6.53. The van der Waals surface area contributed by atoms with Crippen molar-refractivity contribution in [2.75, 3.05) is 6.54 Å². The lowest BCUT2D eigenvalue weighted by atomic mass is 9.89. The maximum atomic E-state index is 5.41. The first kappa shape index (κ1) is 10.3. The molecule has 0 spiro atoms. The Labute approximate surface area is 92.1 Å². The van der Waals surface area contributed by atoms with Crippen molar-refractivity contribution in [3.05, 3.63) is 35.4 Å². The van der Waals surface area contributed by atoms with E-state index in [1.807, 2.05) is 0 Å². The van der Waals surface area contributed by atoms with E-state index in [1.165, 1.54) is 11.1 Å². The molecule has 1 aromatic rings. The van der Waals surface area contributed by atoms with E-state index in [-0.39, 0.29) is 0 Å². The molecule has 1 aliphatic rings. The van der Waals surface area contributed by atoms with Gasteiger partial charge >= 0.3 is 0 Å². The van der Waals surface area contributed by atoms with E-state index in [9.17, 15) is 0 Å². The van der Waals surface area contributed by atoms with Crippen molar-refractivity contribution in [1.82, 2.24) is 4.90 Å². The highest BCUT2D eigenvalue weighted by Crippen LogP contribution is 2.31. The molecule has 2 rings (SSSR count). The standard InChI is InChI=1S/C14H17N/c1-4-9-15-11(2)10-13-7-5-6-8-14(13)12(15)3/h1,5-8,11-12H,9-10H2,2-3H3/t11-,12-/m1/s1. The molecule has 0 amide bonds. The van der Waals surface area contributed by atoms with Crippen molar-refractivity contribution in [3.63, 3.8) is 0 Å². The molecule has 0 fully saturated rings. The Balaban J connectivity index is 2.35. The number of hydrogen-bond donors (Lipinski definition) is 0. The summed E-state index contributed by atoms with van der Waals surface area (Å²) in [5.41, 5.74) is 2.91. The van der Waals surface area contributed by atoms with Gasteiger partial charge in [-0.05, 0) is 31.4 Å². The van der Waals surface area contributed by atoms with Gasteiger partial charge in [0.2, 0.25) is 0 Å². The van der Waals surface area contributed by atoms with Gasteiger partial charge in [-0.1, -0.05) is 30.2 Å². The van der Waals surface area contributed by atoms with Crippen LogP contribution in [0.2, 0.25) is 0 Å². The van der Waals surface area contributed by atoms with E-state index in [4.69, 9.17) is 6.42 Å². The third-order valence-electron chi connectivity index (χ3n) is 3.36. The molecule has 1 aliphatic heterocycles. The average Bonchev–Trinajstić information content (AvgIpc) is 2.24. The second kappa shape index (κ2) is 4.08. The second-order valence-electron chi connectivity index (χ2n) is 4.30. The van der Waals surface area contributed by atoms with E-state index in [1.54, 1.807) is 0 Å². The average molecular weight is 199 g/mol. The summed E-state index contributed by atoms with van der Waals surface area (Å²) < 4.78 is 0. The summed E-state index contributed by atoms with van der Waals surface area (Å²) in [5.74, 6) is 2.75. The molecule has 1 heterocycles. The van der Waals surface area contributed by atoms with Gasteiger partial charge in [0.05, 0.1) is 6.54 Å². The minimum Gasteiger partial charge on any atom is -0.283 e. The third kappa shape index (κ3) is 1.78. The van der Waals surface area contributed by atoms with Gasteiger partial charge in [-0.2, -0.15) is 0 Å². The zero-order valence-electron chi connectivity index (χ0n) is 9.40. The number of benzene rings is 1. The van der Waals surface area contributed by atoms with E-state index >= 15 is 0 Å². The van der Waals surface area contributed by atoms with Crippen molar-refractivity contribution >= 4 is 0 Å². The van der Waals surface area contributed by atoms with Crippen molar-refractivity contribution in [3.8, 4) is 12.3 Å². The Hall–Kier alpha value is -1.26. The van der Waals surface area contributed by atoms with Gasteiger partial charge in [-0.15, -0.1) is 6.42 Å². The summed E-state index contributed by atoms with van der Waals surface area (Å²) in [4.78, 5) is 2.39. The minimum atomic E-state index is 0.445. The van der Waals surface area contributed by atoms with Gasteiger partial charge in [0.25, 0.3) is 0 Å². The van der Waals surface area contributed by atoms with Crippen LogP contribution in [0.1, 0.15) is 31.0 Å². The van der Waals surface area contributed by atoms with Crippen LogP contribution >= 0.6 is 0 Å². The van der Waals surface area contributed by atoms with Gasteiger partial charge in [0, 0.05) is 12.1 Å². The summed E-state index contributed by atoms with van der Waals surface area (Å²) in [6, 6.07) is 9.67. The van der Waals surface area contributed by atoms with Crippen molar-refractivity contribution in [2.24, 2.45) is 0 Å². The highest BCUT2D eigenvalue weighted by molar-refractivity contribution is 5.33. The molecule has 0 aromatic heterocycles. The second-order valence-corrected chi connectivity index (χ2v) is 4.30. The van der Waals surface area contributed by atoms with E-state index in [0.29, 0.717) is 12.1 Å². The molecule has 1 nitrogen and oxygen atoms in total. The molecule has 0 radical (unpaired) electrons. The fourth-order valence-corrected chi connectivity index (χ4v) is 2.52. The molecule has 0 unspecified atom stereocenters. The molecule has 0 N–H and O–H groups in total. The molecular weight excluding hydrogens is 182 g/mol. The molecule has 15 heavy (non-hydrogen) atoms. The highest BCUT2D eigenvalue weighted by Gasteiger charge is 2.27. The monoisotopic (exact) mass is 199 g/mol. The molecule has 0 bridgehead atoms. The van der Waals surface area contributed by atoms with E-state index < -0.39 is 0 Å². The largest absolute Gasteiger partial charge is 0.283 e. The molecule has 2 atom stereocenters. The Morgan fingerprint density at radius 2 is 2.13 bits per heavy atom. The lowest BCUT2D eigenvalue weighted by Gasteiger charge is -2.39. The van der Waals surface area contributed by atoms with Crippen LogP contribution in [0.3, 0.4) is 0 Å². The lowest BCUT2D eigenvalue weighted by Crippen LogP contribution is -2.41. The van der Waals surface area contributed by atoms with Crippen molar-refractivity contribution < 1.29 is 0 Å². The first-order chi connectivity index (χ1) is 7.24. The van der Waals surface area contributed by atoms with Crippen LogP contribution in [0.4, 0.5) is 0 Å². The Bertz CT molecular complexity index is 389. The summed E-state index contributed by atoms with van der Waals surface area (Å²) >= 11 is 0. The summed E-state index contributed by atoms with van der Waals surface area (Å²) in [6.45, 7) is 5.24. The zero-order chi connectivity index (χ0) is 10.8. The van der Waals surface area contributed by atoms with Crippen LogP contribution in [0.25, 0.3) is 0 Å². The lowest BCUT2D eigenvalue weighted by molar-refractivity contribution is 0.160. The number of nitrogens with zero attached hydrogens (tertiary/aromatic N) is 1. The third-order valence-corrected chi connectivity index (χ3v) is 3.36. The van der Waals surface area contributed by atoms with Gasteiger partial charge in [0.15, 0.2) is 0 Å². The zero-order valence-corrected chi connectivity index (χ0v) is 9.40. The molecule has 0 aliphatic carbocycles. The van der Waals surface area contributed by atoms with Crippen LogP contribution in [0.15, 0.2) is 24.3 Å². The van der Waals surface area contributed by atoms with Gasteiger partial charge in [-0.25, -0.2) is 0 Å². The fourth-order valence-electron chi connectivity index (χ4n) is 2.52. The maximum Gasteiger partial charge on any atom is 0.0606 e.